The summed E-state index contributed by atoms with van der Waals surface area (Å²) in [7, 11) is 0. The van der Waals surface area contributed by atoms with Gasteiger partial charge < -0.3 is 9.47 Å². The topological polar surface area (TPSA) is 67.9 Å². The lowest BCUT2D eigenvalue weighted by atomic mass is 9.92. The van der Waals surface area contributed by atoms with Crippen LogP contribution in [0.2, 0.25) is 0 Å². The quantitative estimate of drug-likeness (QED) is 0.453. The predicted molar refractivity (Wildman–Crippen MR) is 108 cm³/mol. The second-order valence-corrected chi connectivity index (χ2v) is 8.45. The number of ether oxygens (including phenoxy) is 2. The van der Waals surface area contributed by atoms with Gasteiger partial charge in [0.15, 0.2) is 0 Å². The molecule has 1 N–H and O–H groups in total. The van der Waals surface area contributed by atoms with Crippen molar-refractivity contribution in [3.8, 4) is 0 Å². The number of nitrogens with zero attached hydrogens (tertiary/aromatic N) is 1. The van der Waals surface area contributed by atoms with Gasteiger partial charge in [0, 0.05) is 17.3 Å². The molecule has 1 amide bonds. The van der Waals surface area contributed by atoms with Gasteiger partial charge in [0.1, 0.15) is 18.6 Å². The zero-order valence-electron chi connectivity index (χ0n) is 15.2. The molecule has 144 valence electrons. The zero-order valence-corrected chi connectivity index (χ0v) is 16.9. The van der Waals surface area contributed by atoms with Crippen LogP contribution in [0.1, 0.15) is 6.92 Å². The van der Waals surface area contributed by atoms with E-state index < -0.39 is 11.4 Å². The Morgan fingerprint density at radius 3 is 2.77 bits per heavy atom. The summed E-state index contributed by atoms with van der Waals surface area (Å²) in [6.07, 6.45) is 2.08. The Balaban J connectivity index is 1.68. The highest BCUT2D eigenvalue weighted by Gasteiger charge is 2.43. The van der Waals surface area contributed by atoms with E-state index in [0.717, 1.165) is 22.9 Å². The van der Waals surface area contributed by atoms with Gasteiger partial charge >= 0.3 is 5.97 Å². The number of nitrogens with one attached hydrogen (secondary N) is 1. The second-order valence-electron chi connectivity index (χ2n) is 6.24. The summed E-state index contributed by atoms with van der Waals surface area (Å²) in [5.74, 6) is 2.47. The summed E-state index contributed by atoms with van der Waals surface area (Å²) in [4.78, 5) is 24.1. The first-order valence-corrected chi connectivity index (χ1v) is 11.0. The first-order chi connectivity index (χ1) is 12.5. The zero-order chi connectivity index (χ0) is 18.8. The van der Waals surface area contributed by atoms with Crippen LogP contribution in [0.4, 0.5) is 5.69 Å². The number of amides is 1. The molecule has 1 heterocycles. The molecule has 1 atom stereocenters. The molecule has 0 saturated carbocycles. The molecule has 0 aromatic heterocycles. The maximum Gasteiger partial charge on any atom is 0.332 e. The molecule has 1 fully saturated rings. The van der Waals surface area contributed by atoms with Crippen molar-refractivity contribution in [1.82, 2.24) is 5.43 Å². The van der Waals surface area contributed by atoms with E-state index >= 15 is 0 Å². The number of esters is 1. The Morgan fingerprint density at radius 1 is 1.27 bits per heavy atom. The molecule has 0 radical (unpaired) electrons. The third-order valence-corrected chi connectivity index (χ3v) is 5.75. The third kappa shape index (κ3) is 6.41. The smallest absolute Gasteiger partial charge is 0.332 e. The van der Waals surface area contributed by atoms with Gasteiger partial charge in [0.2, 0.25) is 5.91 Å². The normalized spacial score (nSPS) is 19.5. The highest BCUT2D eigenvalue weighted by atomic mass is 32.2. The summed E-state index contributed by atoms with van der Waals surface area (Å²) < 4.78 is 10.6. The fourth-order valence-corrected chi connectivity index (χ4v) is 3.97. The standard InChI is InChI=1S/C18H26N2O4S2/c1-18(13-20(19-17(18)22)15-6-4-3-5-7-15)14-24-16(21)12-23-8-9-26-11-10-25-2/h3-7H,8-14H2,1-2H3,(H,19,22). The molecule has 6 nitrogen and oxygen atoms in total. The maximum absolute atomic E-state index is 12.3. The van der Waals surface area contributed by atoms with Gasteiger partial charge in [-0.1, -0.05) is 18.2 Å². The van der Waals surface area contributed by atoms with E-state index in [4.69, 9.17) is 9.47 Å². The summed E-state index contributed by atoms with van der Waals surface area (Å²) >= 11 is 3.62. The molecular formula is C18H26N2O4S2. The van der Waals surface area contributed by atoms with Crippen LogP contribution in [0.5, 0.6) is 0 Å². The van der Waals surface area contributed by atoms with E-state index in [1.165, 1.54) is 0 Å². The van der Waals surface area contributed by atoms with Crippen molar-refractivity contribution in [2.75, 3.05) is 54.9 Å². The fourth-order valence-electron chi connectivity index (χ4n) is 2.39. The number of benzene rings is 1. The molecule has 8 heteroatoms. The van der Waals surface area contributed by atoms with Crippen molar-refractivity contribution < 1.29 is 19.1 Å². The van der Waals surface area contributed by atoms with Gasteiger partial charge in [-0.15, -0.1) is 0 Å². The average Bonchev–Trinajstić information content (AvgIpc) is 2.95. The second kappa shape index (κ2) is 10.7. The van der Waals surface area contributed by atoms with E-state index in [9.17, 15) is 9.59 Å². The van der Waals surface area contributed by atoms with Gasteiger partial charge in [-0.25, -0.2) is 4.79 Å². The third-order valence-electron chi connectivity index (χ3n) is 3.94. The van der Waals surface area contributed by atoms with Gasteiger partial charge in [-0.3, -0.25) is 15.2 Å². The number of thioether (sulfide) groups is 2. The van der Waals surface area contributed by atoms with Gasteiger partial charge in [0.25, 0.3) is 0 Å². The van der Waals surface area contributed by atoms with Crippen molar-refractivity contribution in [3.63, 3.8) is 0 Å². The van der Waals surface area contributed by atoms with Gasteiger partial charge in [-0.05, 0) is 25.3 Å². The number of anilines is 1. The maximum atomic E-state index is 12.3. The minimum Gasteiger partial charge on any atom is -0.463 e. The summed E-state index contributed by atoms with van der Waals surface area (Å²) in [5, 5.41) is 1.78. The van der Waals surface area contributed by atoms with Crippen molar-refractivity contribution in [2.45, 2.75) is 6.92 Å². The van der Waals surface area contributed by atoms with Crippen LogP contribution < -0.4 is 10.4 Å². The molecule has 1 aromatic rings. The van der Waals surface area contributed by atoms with Crippen LogP contribution in [0, 0.1) is 5.41 Å². The van der Waals surface area contributed by atoms with Crippen LogP contribution in [-0.2, 0) is 19.1 Å². The van der Waals surface area contributed by atoms with Crippen molar-refractivity contribution in [3.05, 3.63) is 30.3 Å². The molecule has 1 aliphatic rings. The van der Waals surface area contributed by atoms with E-state index in [-0.39, 0.29) is 19.1 Å². The number of carbonyl (C=O) groups excluding carboxylic acids is 2. The van der Waals surface area contributed by atoms with E-state index in [1.807, 2.05) is 42.1 Å². The Kier molecular flexibility index (Phi) is 8.61. The number of rotatable bonds is 11. The van der Waals surface area contributed by atoms with E-state index in [1.54, 1.807) is 23.7 Å². The number of hydrogen-bond donors (Lipinski definition) is 1. The van der Waals surface area contributed by atoms with Gasteiger partial charge in [-0.2, -0.15) is 23.5 Å². The molecule has 1 saturated heterocycles. The molecule has 1 aromatic carbocycles. The summed E-state index contributed by atoms with van der Waals surface area (Å²) in [6, 6.07) is 9.58. The first-order valence-electron chi connectivity index (χ1n) is 8.49. The number of hydrazine groups is 1. The van der Waals surface area contributed by atoms with E-state index in [0.29, 0.717) is 13.2 Å². The number of carbonyl (C=O) groups is 2. The largest absolute Gasteiger partial charge is 0.463 e. The van der Waals surface area contributed by atoms with Crippen LogP contribution in [-0.4, -0.2) is 61.8 Å². The Labute approximate surface area is 163 Å². The minimum atomic E-state index is -0.779. The van der Waals surface area contributed by atoms with Crippen molar-refractivity contribution >= 4 is 41.1 Å². The minimum absolute atomic E-state index is 0.0346. The lowest BCUT2D eigenvalue weighted by molar-refractivity contribution is -0.153. The molecule has 2 rings (SSSR count). The molecule has 1 unspecified atom stereocenters. The highest BCUT2D eigenvalue weighted by molar-refractivity contribution is 8.02. The average molecular weight is 399 g/mol. The summed E-state index contributed by atoms with van der Waals surface area (Å²) in [6.45, 7) is 2.71. The van der Waals surface area contributed by atoms with Crippen LogP contribution in [0.15, 0.2) is 30.3 Å². The molecular weight excluding hydrogens is 372 g/mol. The van der Waals surface area contributed by atoms with Crippen molar-refractivity contribution in [2.24, 2.45) is 5.41 Å². The van der Waals surface area contributed by atoms with Crippen molar-refractivity contribution in [1.29, 1.82) is 0 Å². The first kappa shape index (κ1) is 20.9. The lowest BCUT2D eigenvalue weighted by Crippen LogP contribution is -2.36. The molecule has 0 spiro atoms. The van der Waals surface area contributed by atoms with Gasteiger partial charge in [0.05, 0.1) is 18.8 Å². The Hall–Kier alpha value is -1.38. The SMILES string of the molecule is CSCCSCCOCC(=O)OCC1(C)CN(c2ccccc2)NC1=O. The predicted octanol–water partition coefficient (Wildman–Crippen LogP) is 2.20. The van der Waals surface area contributed by atoms with Crippen LogP contribution >= 0.6 is 23.5 Å². The van der Waals surface area contributed by atoms with E-state index in [2.05, 4.69) is 11.7 Å². The number of hydrogen-bond acceptors (Lipinski definition) is 7. The molecule has 1 aliphatic heterocycles. The highest BCUT2D eigenvalue weighted by Crippen LogP contribution is 2.27. The fraction of sp³-hybridized carbons (Fsp3) is 0.556. The lowest BCUT2D eigenvalue weighted by Gasteiger charge is -2.21. The number of para-hydroxylation sites is 1. The Morgan fingerprint density at radius 2 is 2.04 bits per heavy atom. The summed E-state index contributed by atoms with van der Waals surface area (Å²) in [5.41, 5.74) is 2.95. The molecule has 26 heavy (non-hydrogen) atoms. The monoisotopic (exact) mass is 398 g/mol. The van der Waals surface area contributed by atoms with Crippen LogP contribution in [0.25, 0.3) is 0 Å². The molecule has 0 bridgehead atoms. The molecule has 0 aliphatic carbocycles. The Bertz CT molecular complexity index is 588. The van der Waals surface area contributed by atoms with Crippen LogP contribution in [0.3, 0.4) is 0 Å².